The molecule has 0 fully saturated rings. The molecule has 0 bridgehead atoms. The van der Waals surface area contributed by atoms with E-state index < -0.39 is 10.4 Å². The van der Waals surface area contributed by atoms with Crippen LogP contribution in [0, 0.1) is 0 Å². The zero-order chi connectivity index (χ0) is 20.3. The summed E-state index contributed by atoms with van der Waals surface area (Å²) in [6.07, 6.45) is 4.02. The molecule has 9 heteroatoms. The molecular formula is C19H16N2O6S. The standard InChI is InChI=1S/C19H14N2O2.H2O4S/c22-16-7-5-12(14-3-1-9-20-18(14)16)11-13-6-8-17(23)19-15(13)4-2-10-21-19;1-5(2,3)4/h1-10,22-23H,11H2;(H2,1,2,3,4). The van der Waals surface area contributed by atoms with E-state index in [1.54, 1.807) is 24.5 Å². The Morgan fingerprint density at radius 2 is 1.11 bits per heavy atom. The van der Waals surface area contributed by atoms with Crippen molar-refractivity contribution in [2.24, 2.45) is 0 Å². The smallest absolute Gasteiger partial charge is 0.394 e. The van der Waals surface area contributed by atoms with Gasteiger partial charge in [-0.2, -0.15) is 8.42 Å². The van der Waals surface area contributed by atoms with Crippen LogP contribution in [0.2, 0.25) is 0 Å². The number of nitrogens with zero attached hydrogens (tertiary/aromatic N) is 2. The van der Waals surface area contributed by atoms with Gasteiger partial charge in [-0.15, -0.1) is 0 Å². The van der Waals surface area contributed by atoms with E-state index in [1.807, 2.05) is 36.4 Å². The Morgan fingerprint density at radius 1 is 0.714 bits per heavy atom. The van der Waals surface area contributed by atoms with Crippen LogP contribution in [-0.2, 0) is 16.8 Å². The number of aromatic hydroxyl groups is 2. The molecule has 2 aromatic carbocycles. The Hall–Kier alpha value is -3.27. The number of fused-ring (bicyclic) bond motifs is 2. The maximum atomic E-state index is 9.96. The Labute approximate surface area is 160 Å². The highest BCUT2D eigenvalue weighted by Crippen LogP contribution is 2.31. The maximum Gasteiger partial charge on any atom is 0.394 e. The van der Waals surface area contributed by atoms with Crippen molar-refractivity contribution in [1.29, 1.82) is 0 Å². The van der Waals surface area contributed by atoms with Gasteiger partial charge in [-0.05, 0) is 41.8 Å². The van der Waals surface area contributed by atoms with E-state index in [9.17, 15) is 10.2 Å². The largest absolute Gasteiger partial charge is 0.506 e. The lowest BCUT2D eigenvalue weighted by atomic mass is 9.97. The Bertz CT molecular complexity index is 1170. The number of hydrogen-bond acceptors (Lipinski definition) is 6. The molecular weight excluding hydrogens is 384 g/mol. The van der Waals surface area contributed by atoms with E-state index in [4.69, 9.17) is 17.5 Å². The van der Waals surface area contributed by atoms with Crippen LogP contribution < -0.4 is 0 Å². The number of hydrogen-bond donors (Lipinski definition) is 4. The van der Waals surface area contributed by atoms with Crippen LogP contribution in [0.15, 0.2) is 60.9 Å². The van der Waals surface area contributed by atoms with Crippen LogP contribution in [0.3, 0.4) is 0 Å². The molecule has 28 heavy (non-hydrogen) atoms. The molecule has 0 amide bonds. The summed E-state index contributed by atoms with van der Waals surface area (Å²) in [5, 5.41) is 21.8. The molecule has 2 aromatic heterocycles. The van der Waals surface area contributed by atoms with Crippen molar-refractivity contribution in [1.82, 2.24) is 9.97 Å². The molecule has 0 radical (unpaired) electrons. The van der Waals surface area contributed by atoms with Crippen LogP contribution in [-0.4, -0.2) is 37.7 Å². The summed E-state index contributed by atoms with van der Waals surface area (Å²) in [6.45, 7) is 0. The number of aromatic nitrogens is 2. The first-order valence-corrected chi connectivity index (χ1v) is 9.45. The highest BCUT2D eigenvalue weighted by molar-refractivity contribution is 7.79. The lowest BCUT2D eigenvalue weighted by Crippen LogP contribution is -1.93. The average Bonchev–Trinajstić information content (AvgIpc) is 2.65. The second-order valence-corrected chi connectivity index (χ2v) is 6.81. The fraction of sp³-hybridized carbons (Fsp3) is 0.0526. The van der Waals surface area contributed by atoms with E-state index in [-0.39, 0.29) is 11.5 Å². The molecule has 144 valence electrons. The lowest BCUT2D eigenvalue weighted by Gasteiger charge is -2.10. The summed E-state index contributed by atoms with van der Waals surface area (Å²) >= 11 is 0. The van der Waals surface area contributed by atoms with Gasteiger partial charge >= 0.3 is 10.4 Å². The third-order valence-electron chi connectivity index (χ3n) is 4.06. The molecule has 0 aliphatic rings. The fourth-order valence-electron chi connectivity index (χ4n) is 2.95. The zero-order valence-corrected chi connectivity index (χ0v) is 15.2. The van der Waals surface area contributed by atoms with Gasteiger partial charge in [-0.1, -0.05) is 24.3 Å². The van der Waals surface area contributed by atoms with Crippen LogP contribution in [0.1, 0.15) is 11.1 Å². The maximum absolute atomic E-state index is 9.96. The third kappa shape index (κ3) is 4.52. The average molecular weight is 400 g/mol. The van der Waals surface area contributed by atoms with Crippen molar-refractivity contribution >= 4 is 32.2 Å². The van der Waals surface area contributed by atoms with Crippen molar-refractivity contribution in [3.8, 4) is 11.5 Å². The van der Waals surface area contributed by atoms with Gasteiger partial charge in [-0.3, -0.25) is 19.1 Å². The summed E-state index contributed by atoms with van der Waals surface area (Å²) in [5.74, 6) is 0.364. The van der Waals surface area contributed by atoms with Crippen LogP contribution in [0.25, 0.3) is 21.8 Å². The predicted octanol–water partition coefficient (Wildman–Crippen LogP) is 3.13. The topological polar surface area (TPSA) is 141 Å². The molecule has 4 rings (SSSR count). The van der Waals surface area contributed by atoms with Crippen molar-refractivity contribution in [3.63, 3.8) is 0 Å². The summed E-state index contributed by atoms with van der Waals surface area (Å²) in [7, 11) is -4.67. The van der Waals surface area contributed by atoms with Gasteiger partial charge in [0.2, 0.25) is 0 Å². The van der Waals surface area contributed by atoms with Crippen molar-refractivity contribution in [2.75, 3.05) is 0 Å². The first-order valence-electron chi connectivity index (χ1n) is 8.05. The van der Waals surface area contributed by atoms with E-state index in [2.05, 4.69) is 9.97 Å². The highest BCUT2D eigenvalue weighted by atomic mass is 32.3. The van der Waals surface area contributed by atoms with E-state index in [1.165, 1.54) is 0 Å². The molecule has 0 unspecified atom stereocenters. The number of phenolic OH excluding ortho intramolecular Hbond substituents is 2. The molecule has 4 N–H and O–H groups in total. The predicted molar refractivity (Wildman–Crippen MR) is 104 cm³/mol. The first kappa shape index (κ1) is 19.5. The molecule has 2 heterocycles. The molecule has 0 aliphatic carbocycles. The number of benzene rings is 2. The lowest BCUT2D eigenvalue weighted by molar-refractivity contribution is 0.381. The number of pyridine rings is 2. The second-order valence-electron chi connectivity index (χ2n) is 5.91. The van der Waals surface area contributed by atoms with Crippen LogP contribution in [0.5, 0.6) is 11.5 Å². The minimum atomic E-state index is -4.67. The molecule has 0 spiro atoms. The second kappa shape index (κ2) is 7.77. The van der Waals surface area contributed by atoms with Gasteiger partial charge in [-0.25, -0.2) is 0 Å². The summed E-state index contributed by atoms with van der Waals surface area (Å²) < 4.78 is 31.6. The molecule has 8 nitrogen and oxygen atoms in total. The Balaban J connectivity index is 0.000000403. The highest BCUT2D eigenvalue weighted by Gasteiger charge is 2.10. The van der Waals surface area contributed by atoms with Gasteiger partial charge < -0.3 is 10.2 Å². The normalized spacial score (nSPS) is 11.2. The molecule has 0 aliphatic heterocycles. The molecule has 0 atom stereocenters. The van der Waals surface area contributed by atoms with Gasteiger partial charge in [0, 0.05) is 23.2 Å². The van der Waals surface area contributed by atoms with Crippen molar-refractivity contribution in [2.45, 2.75) is 6.42 Å². The number of phenols is 2. The van der Waals surface area contributed by atoms with E-state index >= 15 is 0 Å². The minimum absolute atomic E-state index is 0.182. The van der Waals surface area contributed by atoms with E-state index in [0.717, 1.165) is 21.9 Å². The van der Waals surface area contributed by atoms with Gasteiger partial charge in [0.25, 0.3) is 0 Å². The van der Waals surface area contributed by atoms with Crippen molar-refractivity contribution in [3.05, 3.63) is 72.1 Å². The van der Waals surface area contributed by atoms with Crippen LogP contribution >= 0.6 is 0 Å². The Kier molecular flexibility index (Phi) is 5.41. The van der Waals surface area contributed by atoms with Gasteiger partial charge in [0.15, 0.2) is 0 Å². The third-order valence-corrected chi connectivity index (χ3v) is 4.06. The molecule has 0 saturated heterocycles. The number of rotatable bonds is 2. The summed E-state index contributed by atoms with van der Waals surface area (Å²) in [6, 6.07) is 14.8. The summed E-state index contributed by atoms with van der Waals surface area (Å²) in [4.78, 5) is 8.51. The molecule has 4 aromatic rings. The van der Waals surface area contributed by atoms with Gasteiger partial charge in [0.05, 0.1) is 0 Å². The zero-order valence-electron chi connectivity index (χ0n) is 14.4. The quantitative estimate of drug-likeness (QED) is 0.376. The van der Waals surface area contributed by atoms with Crippen LogP contribution in [0.4, 0.5) is 0 Å². The summed E-state index contributed by atoms with van der Waals surface area (Å²) in [5.41, 5.74) is 3.35. The SMILES string of the molecule is O=S(=O)(O)O.Oc1ccc(Cc2ccc(O)c3ncccc23)c2cccnc12. The fourth-order valence-corrected chi connectivity index (χ4v) is 2.95. The molecule has 0 saturated carbocycles. The van der Waals surface area contributed by atoms with Crippen molar-refractivity contribution < 1.29 is 27.7 Å². The van der Waals surface area contributed by atoms with Gasteiger partial charge in [0.1, 0.15) is 22.5 Å². The van der Waals surface area contributed by atoms with E-state index in [0.29, 0.717) is 17.5 Å². The Morgan fingerprint density at radius 3 is 1.50 bits per heavy atom. The monoisotopic (exact) mass is 400 g/mol. The minimum Gasteiger partial charge on any atom is -0.506 e. The first-order chi connectivity index (χ1) is 13.2.